The van der Waals surface area contributed by atoms with Gasteiger partial charge in [-0.15, -0.1) is 6.58 Å². The van der Waals surface area contributed by atoms with Crippen LogP contribution in [0.15, 0.2) is 36.9 Å². The van der Waals surface area contributed by atoms with Crippen molar-refractivity contribution in [2.24, 2.45) is 17.8 Å². The number of rotatable bonds is 11. The highest BCUT2D eigenvalue weighted by Crippen LogP contribution is 2.40. The summed E-state index contributed by atoms with van der Waals surface area (Å²) in [5, 5.41) is 0. The van der Waals surface area contributed by atoms with Crippen LogP contribution in [0, 0.1) is 17.8 Å². The minimum absolute atomic E-state index is 0.761. The summed E-state index contributed by atoms with van der Waals surface area (Å²) >= 11 is 0. The van der Waals surface area contributed by atoms with E-state index in [1.54, 1.807) is 5.56 Å². The second-order valence-electron chi connectivity index (χ2n) is 9.84. The summed E-state index contributed by atoms with van der Waals surface area (Å²) in [6.45, 7) is 7.66. The molecule has 0 atom stereocenters. The van der Waals surface area contributed by atoms with Gasteiger partial charge in [0.1, 0.15) is 0 Å². The van der Waals surface area contributed by atoms with Crippen LogP contribution in [0.2, 0.25) is 0 Å². The third kappa shape index (κ3) is 7.59. The molecule has 0 aliphatic heterocycles. The Bertz CT molecular complexity index is 558. The Labute approximate surface area is 180 Å². The zero-order chi connectivity index (χ0) is 20.3. The van der Waals surface area contributed by atoms with Gasteiger partial charge >= 0.3 is 0 Å². The molecule has 2 saturated carbocycles. The number of benzene rings is 1. The van der Waals surface area contributed by atoms with Crippen molar-refractivity contribution >= 4 is 0 Å². The second-order valence-corrected chi connectivity index (χ2v) is 9.84. The number of hydrogen-bond donors (Lipinski definition) is 0. The van der Waals surface area contributed by atoms with Gasteiger partial charge in [0.05, 0.1) is 6.61 Å². The van der Waals surface area contributed by atoms with E-state index < -0.39 is 0 Å². The summed E-state index contributed by atoms with van der Waals surface area (Å²) < 4.78 is 5.66. The Morgan fingerprint density at radius 1 is 0.828 bits per heavy atom. The topological polar surface area (TPSA) is 9.23 Å². The molecule has 2 fully saturated rings. The highest BCUT2D eigenvalue weighted by atomic mass is 16.5. The van der Waals surface area contributed by atoms with Gasteiger partial charge in [0.25, 0.3) is 0 Å². The Hall–Kier alpha value is -1.08. The molecule has 162 valence electrons. The van der Waals surface area contributed by atoms with Gasteiger partial charge in [-0.25, -0.2) is 0 Å². The summed E-state index contributed by atoms with van der Waals surface area (Å²) in [5.41, 5.74) is 2.87. The van der Waals surface area contributed by atoms with E-state index in [4.69, 9.17) is 4.74 Å². The monoisotopic (exact) mass is 396 g/mol. The van der Waals surface area contributed by atoms with Crippen LogP contribution in [-0.2, 0) is 11.3 Å². The third-order valence-corrected chi connectivity index (χ3v) is 7.64. The highest BCUT2D eigenvalue weighted by Gasteiger charge is 2.25. The van der Waals surface area contributed by atoms with Crippen LogP contribution in [0.3, 0.4) is 0 Å². The Morgan fingerprint density at radius 3 is 1.93 bits per heavy atom. The lowest BCUT2D eigenvalue weighted by Gasteiger charge is -2.32. The molecule has 0 spiro atoms. The molecule has 1 aromatic rings. The number of hydrogen-bond acceptors (Lipinski definition) is 1. The molecular formula is C28H44O. The molecule has 0 aromatic heterocycles. The molecule has 0 heterocycles. The van der Waals surface area contributed by atoms with E-state index in [0.29, 0.717) is 0 Å². The van der Waals surface area contributed by atoms with Crippen molar-refractivity contribution in [2.45, 2.75) is 103 Å². The minimum Gasteiger partial charge on any atom is -0.377 e. The maximum Gasteiger partial charge on any atom is 0.0716 e. The first kappa shape index (κ1) is 22.6. The van der Waals surface area contributed by atoms with Crippen LogP contribution >= 0.6 is 0 Å². The zero-order valence-corrected chi connectivity index (χ0v) is 18.9. The molecule has 0 amide bonds. The molecule has 0 saturated heterocycles. The highest BCUT2D eigenvalue weighted by molar-refractivity contribution is 5.25. The molecule has 29 heavy (non-hydrogen) atoms. The second kappa shape index (κ2) is 12.6. The third-order valence-electron chi connectivity index (χ3n) is 7.64. The Balaban J connectivity index is 1.32. The molecule has 1 heteroatoms. The van der Waals surface area contributed by atoms with Gasteiger partial charge in [-0.1, -0.05) is 75.8 Å². The minimum atomic E-state index is 0.761. The summed E-state index contributed by atoms with van der Waals surface area (Å²) in [4.78, 5) is 0. The van der Waals surface area contributed by atoms with E-state index in [-0.39, 0.29) is 0 Å². The summed E-state index contributed by atoms with van der Waals surface area (Å²) in [5.74, 6) is 3.79. The first-order valence-electron chi connectivity index (χ1n) is 12.6. The van der Waals surface area contributed by atoms with E-state index in [1.807, 2.05) is 0 Å². The Morgan fingerprint density at radius 2 is 1.38 bits per heavy atom. The van der Waals surface area contributed by atoms with Crippen LogP contribution in [0.5, 0.6) is 0 Å². The van der Waals surface area contributed by atoms with Crippen molar-refractivity contribution in [3.63, 3.8) is 0 Å². The lowest BCUT2D eigenvalue weighted by molar-refractivity contribution is 0.121. The van der Waals surface area contributed by atoms with Gasteiger partial charge in [-0.3, -0.25) is 0 Å². The normalized spacial score (nSPS) is 27.6. The van der Waals surface area contributed by atoms with Crippen molar-refractivity contribution in [1.82, 2.24) is 0 Å². The van der Waals surface area contributed by atoms with Gasteiger partial charge in [0.2, 0.25) is 0 Å². The van der Waals surface area contributed by atoms with Gasteiger partial charge in [0.15, 0.2) is 0 Å². The van der Waals surface area contributed by atoms with Crippen molar-refractivity contribution < 1.29 is 4.74 Å². The molecule has 3 rings (SSSR count). The average molecular weight is 397 g/mol. The zero-order valence-electron chi connectivity index (χ0n) is 18.9. The Kier molecular flexibility index (Phi) is 9.80. The lowest BCUT2D eigenvalue weighted by Crippen LogP contribution is -2.17. The number of ether oxygens (including phenoxy) is 1. The fraction of sp³-hybridized carbons (Fsp3) is 0.714. The molecule has 0 N–H and O–H groups in total. The maximum absolute atomic E-state index is 5.66. The number of allylic oxidation sites excluding steroid dienone is 1. The summed E-state index contributed by atoms with van der Waals surface area (Å²) in [6.07, 6.45) is 20.4. The quantitative estimate of drug-likeness (QED) is 0.269. The summed E-state index contributed by atoms with van der Waals surface area (Å²) in [7, 11) is 0. The van der Waals surface area contributed by atoms with Gasteiger partial charge < -0.3 is 4.74 Å². The predicted octanol–water partition coefficient (Wildman–Crippen LogP) is 8.44. The van der Waals surface area contributed by atoms with Gasteiger partial charge in [0, 0.05) is 6.61 Å². The first-order chi connectivity index (χ1) is 14.3. The summed E-state index contributed by atoms with van der Waals surface area (Å²) in [6, 6.07) is 9.28. The first-order valence-corrected chi connectivity index (χ1v) is 12.6. The average Bonchev–Trinajstić information content (AvgIpc) is 2.78. The van der Waals surface area contributed by atoms with E-state index in [1.165, 1.54) is 82.6 Å². The van der Waals surface area contributed by atoms with Gasteiger partial charge in [-0.05, 0) is 79.7 Å². The largest absolute Gasteiger partial charge is 0.377 e. The molecule has 0 radical (unpaired) electrons. The fourth-order valence-electron chi connectivity index (χ4n) is 5.64. The van der Waals surface area contributed by atoms with Crippen LogP contribution in [0.4, 0.5) is 0 Å². The van der Waals surface area contributed by atoms with Crippen LogP contribution in [-0.4, -0.2) is 6.61 Å². The molecule has 0 unspecified atom stereocenters. The standard InChI is InChI=1S/C28H44O/c1-3-5-6-23-7-9-24(10-8-23)11-12-25-13-17-27(18-14-25)28-19-15-26(16-20-28)22-29-21-4-2/h3,15-16,19-20,23-25,27H,1,4-14,17-18,21-22H2,2H3. The molecule has 1 aromatic carbocycles. The fourth-order valence-corrected chi connectivity index (χ4v) is 5.64. The van der Waals surface area contributed by atoms with Crippen molar-refractivity contribution in [2.75, 3.05) is 6.61 Å². The van der Waals surface area contributed by atoms with Gasteiger partial charge in [-0.2, -0.15) is 0 Å². The van der Waals surface area contributed by atoms with E-state index in [9.17, 15) is 0 Å². The van der Waals surface area contributed by atoms with Crippen LogP contribution < -0.4 is 0 Å². The van der Waals surface area contributed by atoms with Crippen molar-refractivity contribution in [3.05, 3.63) is 48.0 Å². The molecule has 2 aliphatic carbocycles. The molecule has 2 aliphatic rings. The molecule has 1 nitrogen and oxygen atoms in total. The smallest absolute Gasteiger partial charge is 0.0716 e. The van der Waals surface area contributed by atoms with E-state index in [2.05, 4.69) is 43.8 Å². The van der Waals surface area contributed by atoms with Crippen molar-refractivity contribution in [3.8, 4) is 0 Å². The maximum atomic E-state index is 5.66. The molecular weight excluding hydrogens is 352 g/mol. The predicted molar refractivity (Wildman–Crippen MR) is 125 cm³/mol. The van der Waals surface area contributed by atoms with Crippen LogP contribution in [0.25, 0.3) is 0 Å². The molecule has 0 bridgehead atoms. The van der Waals surface area contributed by atoms with E-state index in [0.717, 1.165) is 43.3 Å². The van der Waals surface area contributed by atoms with Crippen molar-refractivity contribution in [1.29, 1.82) is 0 Å². The van der Waals surface area contributed by atoms with Crippen LogP contribution in [0.1, 0.15) is 107 Å². The lowest BCUT2D eigenvalue weighted by atomic mass is 9.74. The van der Waals surface area contributed by atoms with E-state index >= 15 is 0 Å². The SMILES string of the molecule is C=CCCC1CCC(CCC2CCC(c3ccc(COCCC)cc3)CC2)CC1.